The van der Waals surface area contributed by atoms with Crippen LogP contribution < -0.4 is 11.1 Å². The Kier molecular flexibility index (Phi) is 6.26. The second-order valence-corrected chi connectivity index (χ2v) is 9.28. The lowest BCUT2D eigenvalue weighted by atomic mass is 10.1. The molecule has 1 heterocycles. The van der Waals surface area contributed by atoms with Gasteiger partial charge in [-0.25, -0.2) is 17.8 Å². The molecule has 0 aliphatic rings. The molecule has 9 heteroatoms. The fourth-order valence-corrected chi connectivity index (χ4v) is 3.60. The lowest BCUT2D eigenvalue weighted by molar-refractivity contribution is -0.117. The molecule has 0 aliphatic heterocycles. The van der Waals surface area contributed by atoms with Gasteiger partial charge in [-0.15, -0.1) is 11.3 Å². The van der Waals surface area contributed by atoms with Crippen LogP contribution in [0.15, 0.2) is 24.4 Å². The number of nitrogens with one attached hydrogen (secondary N) is 1. The zero-order valence-corrected chi connectivity index (χ0v) is 15.6. The van der Waals surface area contributed by atoms with Gasteiger partial charge < -0.3 is 11.1 Å². The minimum atomic E-state index is -3.17. The maximum absolute atomic E-state index is 13.6. The third-order valence-corrected chi connectivity index (χ3v) is 5.42. The summed E-state index contributed by atoms with van der Waals surface area (Å²) in [7, 11) is -3.17. The van der Waals surface area contributed by atoms with Crippen molar-refractivity contribution in [3.05, 3.63) is 46.2 Å². The fourth-order valence-electron chi connectivity index (χ4n) is 2.06. The summed E-state index contributed by atoms with van der Waals surface area (Å²) in [5.74, 6) is -0.887. The number of hydrogen-bond donors (Lipinski definition) is 2. The van der Waals surface area contributed by atoms with E-state index in [1.54, 1.807) is 19.2 Å². The molecule has 0 saturated heterocycles. The molecule has 136 valence electrons. The Balaban J connectivity index is 1.94. The highest BCUT2D eigenvalue weighted by Crippen LogP contribution is 2.22. The number of amides is 1. The second-order valence-electron chi connectivity index (χ2n) is 5.91. The van der Waals surface area contributed by atoms with E-state index in [1.807, 2.05) is 6.07 Å². The minimum Gasteiger partial charge on any atom is -0.320 e. The first kappa shape index (κ1) is 19.5. The lowest BCUT2D eigenvalue weighted by Crippen LogP contribution is -2.37. The topological polar surface area (TPSA) is 102 Å². The zero-order chi connectivity index (χ0) is 18.6. The Bertz CT molecular complexity index is 865. The van der Waals surface area contributed by atoms with Gasteiger partial charge in [0.25, 0.3) is 0 Å². The van der Waals surface area contributed by atoms with Gasteiger partial charge in [0.2, 0.25) is 5.91 Å². The van der Waals surface area contributed by atoms with Crippen molar-refractivity contribution in [2.24, 2.45) is 5.73 Å². The molecule has 1 unspecified atom stereocenters. The Hall–Kier alpha value is -1.84. The maximum Gasteiger partial charge on any atom is 0.243 e. The predicted octanol–water partition coefficient (Wildman–Crippen LogP) is 1.88. The van der Waals surface area contributed by atoms with Crippen LogP contribution in [0.4, 0.5) is 9.52 Å². The summed E-state index contributed by atoms with van der Waals surface area (Å²) < 4.78 is 35.8. The minimum absolute atomic E-state index is 0.0472. The molecule has 3 N–H and O–H groups in total. The first-order valence-corrected chi connectivity index (χ1v) is 10.5. The van der Waals surface area contributed by atoms with Gasteiger partial charge in [0.15, 0.2) is 5.13 Å². The van der Waals surface area contributed by atoms with Crippen molar-refractivity contribution in [2.75, 3.05) is 17.3 Å². The number of aryl methyl sites for hydroxylation is 1. The number of halogens is 1. The van der Waals surface area contributed by atoms with Crippen molar-refractivity contribution in [2.45, 2.75) is 25.8 Å². The Morgan fingerprint density at radius 3 is 2.80 bits per heavy atom. The number of anilines is 1. The molecule has 0 radical (unpaired) electrons. The summed E-state index contributed by atoms with van der Waals surface area (Å²) in [5.41, 5.74) is 7.09. The van der Waals surface area contributed by atoms with Gasteiger partial charge in [-0.05, 0) is 30.5 Å². The van der Waals surface area contributed by atoms with Crippen molar-refractivity contribution in [1.82, 2.24) is 4.98 Å². The molecule has 1 aromatic heterocycles. The van der Waals surface area contributed by atoms with Gasteiger partial charge in [-0.3, -0.25) is 4.79 Å². The van der Waals surface area contributed by atoms with Crippen molar-refractivity contribution in [3.8, 4) is 0 Å². The van der Waals surface area contributed by atoms with Gasteiger partial charge in [0.1, 0.15) is 15.7 Å². The van der Waals surface area contributed by atoms with Gasteiger partial charge in [0.05, 0.1) is 11.8 Å². The Morgan fingerprint density at radius 2 is 2.16 bits per heavy atom. The number of aromatic nitrogens is 1. The van der Waals surface area contributed by atoms with E-state index in [0.29, 0.717) is 17.1 Å². The molecule has 0 saturated carbocycles. The number of nitrogens with two attached hydrogens (primary N) is 1. The van der Waals surface area contributed by atoms with E-state index in [-0.39, 0.29) is 18.0 Å². The Morgan fingerprint density at radius 1 is 1.44 bits per heavy atom. The summed E-state index contributed by atoms with van der Waals surface area (Å²) in [5, 5.41) is 2.96. The van der Waals surface area contributed by atoms with E-state index in [0.717, 1.165) is 16.7 Å². The predicted molar refractivity (Wildman–Crippen MR) is 97.0 cm³/mol. The molecular formula is C16H20FN3O3S2. The quantitative estimate of drug-likeness (QED) is 0.758. The second kappa shape index (κ2) is 8.03. The van der Waals surface area contributed by atoms with Crippen LogP contribution in [-0.4, -0.2) is 37.4 Å². The highest BCUT2D eigenvalue weighted by atomic mass is 32.2. The van der Waals surface area contributed by atoms with E-state index < -0.39 is 21.8 Å². The molecule has 2 rings (SSSR count). The third-order valence-electron chi connectivity index (χ3n) is 3.53. The molecule has 0 fully saturated rings. The number of sulfone groups is 1. The summed E-state index contributed by atoms with van der Waals surface area (Å²) in [6.07, 6.45) is 3.26. The summed E-state index contributed by atoms with van der Waals surface area (Å²) >= 11 is 1.27. The van der Waals surface area contributed by atoms with E-state index in [9.17, 15) is 17.6 Å². The van der Waals surface area contributed by atoms with E-state index >= 15 is 0 Å². The fraction of sp³-hybridized carbons (Fsp3) is 0.375. The molecule has 1 amide bonds. The summed E-state index contributed by atoms with van der Waals surface area (Å²) in [6, 6.07) is 4.12. The molecule has 0 spiro atoms. The van der Waals surface area contributed by atoms with Gasteiger partial charge in [-0.1, -0.05) is 12.1 Å². The molecule has 2 aromatic rings. The monoisotopic (exact) mass is 385 g/mol. The maximum atomic E-state index is 13.6. The SMILES string of the molecule is Cc1ccc(Cc2cnc(NC(=O)C(N)CCS(C)(=O)=O)s2)cc1F. The van der Waals surface area contributed by atoms with Crippen LogP contribution in [-0.2, 0) is 21.1 Å². The van der Waals surface area contributed by atoms with Gasteiger partial charge >= 0.3 is 0 Å². The molecule has 1 aromatic carbocycles. The van der Waals surface area contributed by atoms with Gasteiger partial charge in [-0.2, -0.15) is 0 Å². The molecule has 6 nitrogen and oxygen atoms in total. The number of carbonyl (C=O) groups is 1. The van der Waals surface area contributed by atoms with Crippen LogP contribution in [0.25, 0.3) is 0 Å². The van der Waals surface area contributed by atoms with E-state index in [4.69, 9.17) is 5.73 Å². The highest BCUT2D eigenvalue weighted by molar-refractivity contribution is 7.90. The van der Waals surface area contributed by atoms with Crippen LogP contribution in [0.3, 0.4) is 0 Å². The zero-order valence-electron chi connectivity index (χ0n) is 14.0. The van der Waals surface area contributed by atoms with E-state index in [1.165, 1.54) is 17.4 Å². The van der Waals surface area contributed by atoms with E-state index in [2.05, 4.69) is 10.3 Å². The molecule has 0 bridgehead atoms. The smallest absolute Gasteiger partial charge is 0.243 e. The summed E-state index contributed by atoms with van der Waals surface area (Å²) in [6.45, 7) is 1.70. The largest absolute Gasteiger partial charge is 0.320 e. The van der Waals surface area contributed by atoms with Crippen LogP contribution in [0.5, 0.6) is 0 Å². The van der Waals surface area contributed by atoms with Crippen LogP contribution in [0.2, 0.25) is 0 Å². The first-order chi connectivity index (χ1) is 11.6. The average molecular weight is 385 g/mol. The standard InChI is InChI=1S/C16H20FN3O3S2/c1-10-3-4-11(8-13(10)17)7-12-9-19-16(24-12)20-15(21)14(18)5-6-25(2,22)23/h3-4,8-9,14H,5-7,18H2,1-2H3,(H,19,20,21). The average Bonchev–Trinajstić information content (AvgIpc) is 2.94. The van der Waals surface area contributed by atoms with Crippen molar-refractivity contribution >= 4 is 32.2 Å². The molecule has 25 heavy (non-hydrogen) atoms. The van der Waals surface area contributed by atoms with Crippen LogP contribution in [0, 0.1) is 12.7 Å². The molecule has 1 atom stereocenters. The number of benzene rings is 1. The number of rotatable bonds is 7. The third kappa shape index (κ3) is 6.18. The Labute approximate surface area is 150 Å². The van der Waals surface area contributed by atoms with Crippen molar-refractivity contribution < 1.29 is 17.6 Å². The lowest BCUT2D eigenvalue weighted by Gasteiger charge is -2.09. The number of hydrogen-bond acceptors (Lipinski definition) is 6. The van der Waals surface area contributed by atoms with Crippen LogP contribution in [0.1, 0.15) is 22.4 Å². The first-order valence-electron chi connectivity index (χ1n) is 7.58. The highest BCUT2D eigenvalue weighted by Gasteiger charge is 2.17. The number of thiazole rings is 1. The number of nitrogens with zero attached hydrogens (tertiary/aromatic N) is 1. The molecule has 0 aliphatic carbocycles. The van der Waals surface area contributed by atoms with Crippen molar-refractivity contribution in [1.29, 1.82) is 0 Å². The number of carbonyl (C=O) groups excluding carboxylic acids is 1. The van der Waals surface area contributed by atoms with Gasteiger partial charge in [0, 0.05) is 23.8 Å². The van der Waals surface area contributed by atoms with Crippen molar-refractivity contribution in [3.63, 3.8) is 0 Å². The molecular weight excluding hydrogens is 365 g/mol. The van der Waals surface area contributed by atoms with Crippen LogP contribution >= 0.6 is 11.3 Å². The normalized spacial score (nSPS) is 12.8. The summed E-state index contributed by atoms with van der Waals surface area (Å²) in [4.78, 5) is 16.9.